The summed E-state index contributed by atoms with van der Waals surface area (Å²) in [6.07, 6.45) is 1.84. The topological polar surface area (TPSA) is 152 Å². The maximum atomic E-state index is 13.4. The molecular weight excluding hydrogens is 490 g/mol. The number of hydrogen-bond acceptors (Lipinski definition) is 9. The van der Waals surface area contributed by atoms with Gasteiger partial charge in [0.25, 0.3) is 11.2 Å². The number of aromatic nitrogens is 1. The van der Waals surface area contributed by atoms with E-state index >= 15 is 0 Å². The van der Waals surface area contributed by atoms with Crippen molar-refractivity contribution in [2.75, 3.05) is 7.11 Å². The Kier molecular flexibility index (Phi) is 6.35. The van der Waals surface area contributed by atoms with Crippen LogP contribution in [0.2, 0.25) is 0 Å². The van der Waals surface area contributed by atoms with Crippen molar-refractivity contribution in [3.8, 4) is 0 Å². The number of methoxy groups -OCH3 is 1. The number of nitrogens with zero attached hydrogens (tertiary/aromatic N) is 3. The highest BCUT2D eigenvalue weighted by Gasteiger charge is 2.60. The number of ether oxygens (including phenoxy) is 1. The number of amides is 1. The summed E-state index contributed by atoms with van der Waals surface area (Å²) in [5.74, 6) is -2.60. The van der Waals surface area contributed by atoms with E-state index in [-0.39, 0.29) is 28.8 Å². The first-order chi connectivity index (χ1) is 16.9. The van der Waals surface area contributed by atoms with E-state index in [1.54, 1.807) is 26.0 Å². The molecule has 1 aromatic carbocycles. The number of hydrogen-bond donors (Lipinski definition) is 2. The first-order valence-electron chi connectivity index (χ1n) is 11.1. The number of nitro benzene ring substituents is 1. The second-order valence-corrected chi connectivity index (χ2v) is 9.90. The zero-order chi connectivity index (χ0) is 26.6. The van der Waals surface area contributed by atoms with Crippen molar-refractivity contribution in [1.82, 2.24) is 8.86 Å². The molecule has 0 bridgehead atoms. The third-order valence-corrected chi connectivity index (χ3v) is 7.83. The number of nitro groups is 1. The molecule has 4 rings (SSSR count). The predicted octanol–water partition coefficient (Wildman–Crippen LogP) is 0.908. The van der Waals surface area contributed by atoms with Gasteiger partial charge in [-0.05, 0) is 36.8 Å². The molecule has 12 heteroatoms. The van der Waals surface area contributed by atoms with Crippen molar-refractivity contribution in [2.45, 2.75) is 39.5 Å². The second-order valence-electron chi connectivity index (χ2n) is 8.84. The van der Waals surface area contributed by atoms with E-state index in [9.17, 15) is 34.7 Å². The van der Waals surface area contributed by atoms with Crippen LogP contribution in [0.25, 0.3) is 22.2 Å². The minimum atomic E-state index is -0.922. The summed E-state index contributed by atoms with van der Waals surface area (Å²) in [5.41, 5.74) is -0.592. The molecule has 1 aromatic heterocycles. The van der Waals surface area contributed by atoms with Gasteiger partial charge in [0.2, 0.25) is 5.91 Å². The highest BCUT2D eigenvalue weighted by molar-refractivity contribution is 7.14. The molecule has 2 aromatic rings. The van der Waals surface area contributed by atoms with Crippen molar-refractivity contribution in [1.29, 1.82) is 0 Å². The number of fused-ring (bicyclic) bond motifs is 2. The number of esters is 1. The normalized spacial score (nSPS) is 23.2. The minimum Gasteiger partial charge on any atom is -0.509 e. The molecule has 0 radical (unpaired) electrons. The molecule has 1 amide bonds. The Morgan fingerprint density at radius 1 is 1.42 bits per heavy atom. The Balaban J connectivity index is 1.93. The molecule has 0 saturated carbocycles. The van der Waals surface area contributed by atoms with Crippen LogP contribution in [0.5, 0.6) is 0 Å². The van der Waals surface area contributed by atoms with Gasteiger partial charge in [0, 0.05) is 5.92 Å². The third-order valence-electron chi connectivity index (χ3n) is 6.80. The quantitative estimate of drug-likeness (QED) is 0.189. The summed E-state index contributed by atoms with van der Waals surface area (Å²) in [5, 5.41) is 32.2. The summed E-state index contributed by atoms with van der Waals surface area (Å²) in [7, 11) is 1.19. The number of β-lactam (4-membered cyclic amide) rings is 1. The van der Waals surface area contributed by atoms with Gasteiger partial charge in [-0.2, -0.15) is 0 Å². The van der Waals surface area contributed by atoms with Crippen LogP contribution in [0.15, 0.2) is 34.5 Å². The lowest BCUT2D eigenvalue weighted by molar-refractivity contribution is -0.384. The lowest BCUT2D eigenvalue weighted by Crippen LogP contribution is -2.63. The molecule has 3 heterocycles. The number of non-ortho nitro benzene ring substituents is 1. The van der Waals surface area contributed by atoms with Gasteiger partial charge >= 0.3 is 5.97 Å². The van der Waals surface area contributed by atoms with E-state index in [1.165, 1.54) is 22.9 Å². The van der Waals surface area contributed by atoms with Gasteiger partial charge in [0.15, 0.2) is 0 Å². The number of carbonyl (C=O) groups excluding carboxylic acids is 2. The SMILES string of the molecule is C=C(O)/C=c1/c([N+](=O)[O-])c2c(=O)n(CC3=C(C(=O)OC)N4C(=O)[C@H]([C@@H](C)O)C4[C@H]3C)sc2c/c1=C/C. The maximum Gasteiger partial charge on any atom is 0.354 e. The molecule has 11 nitrogen and oxygen atoms in total. The van der Waals surface area contributed by atoms with Crippen LogP contribution in [0.4, 0.5) is 5.69 Å². The molecule has 2 N–H and O–H groups in total. The van der Waals surface area contributed by atoms with Crippen molar-refractivity contribution in [3.63, 3.8) is 0 Å². The highest BCUT2D eigenvalue weighted by Crippen LogP contribution is 2.47. The lowest BCUT2D eigenvalue weighted by atomic mass is 9.78. The molecule has 1 fully saturated rings. The zero-order valence-electron chi connectivity index (χ0n) is 20.0. The summed E-state index contributed by atoms with van der Waals surface area (Å²) in [6, 6.07) is 1.16. The summed E-state index contributed by atoms with van der Waals surface area (Å²) in [4.78, 5) is 51.5. The fourth-order valence-electron chi connectivity index (χ4n) is 5.19. The van der Waals surface area contributed by atoms with Crippen LogP contribution in [0.1, 0.15) is 20.8 Å². The molecule has 2 aliphatic rings. The van der Waals surface area contributed by atoms with Crippen LogP contribution in [-0.2, 0) is 20.9 Å². The molecule has 0 aliphatic carbocycles. The zero-order valence-corrected chi connectivity index (χ0v) is 20.9. The van der Waals surface area contributed by atoms with Crippen LogP contribution in [0.3, 0.4) is 0 Å². The molecule has 1 unspecified atom stereocenters. The van der Waals surface area contributed by atoms with Gasteiger partial charge < -0.3 is 19.8 Å². The monoisotopic (exact) mass is 515 g/mol. The molecule has 0 spiro atoms. The largest absolute Gasteiger partial charge is 0.509 e. The number of benzene rings is 1. The van der Waals surface area contributed by atoms with Crippen molar-refractivity contribution in [2.24, 2.45) is 11.8 Å². The van der Waals surface area contributed by atoms with Crippen molar-refractivity contribution in [3.05, 3.63) is 60.6 Å². The van der Waals surface area contributed by atoms with E-state index in [4.69, 9.17) is 4.74 Å². The van der Waals surface area contributed by atoms with Crippen molar-refractivity contribution < 1.29 is 29.5 Å². The van der Waals surface area contributed by atoms with Gasteiger partial charge in [0.1, 0.15) is 16.8 Å². The Morgan fingerprint density at radius 2 is 2.08 bits per heavy atom. The van der Waals surface area contributed by atoms with E-state index in [1.807, 2.05) is 0 Å². The van der Waals surface area contributed by atoms with Crippen LogP contribution in [-0.4, -0.2) is 55.1 Å². The molecule has 1 saturated heterocycles. The third kappa shape index (κ3) is 3.64. The van der Waals surface area contributed by atoms with Gasteiger partial charge in [-0.3, -0.25) is 23.7 Å². The van der Waals surface area contributed by atoms with Crippen molar-refractivity contribution >= 4 is 51.3 Å². The number of carbonyl (C=O) groups is 2. The first-order valence-corrected chi connectivity index (χ1v) is 11.9. The van der Waals surface area contributed by atoms with E-state index in [0.717, 1.165) is 17.6 Å². The van der Waals surface area contributed by atoms with Crippen LogP contribution < -0.4 is 16.0 Å². The van der Waals surface area contributed by atoms with E-state index in [0.29, 0.717) is 15.5 Å². The number of allylic oxidation sites excluding steroid dienone is 1. The lowest BCUT2D eigenvalue weighted by Gasteiger charge is -2.46. The van der Waals surface area contributed by atoms with Gasteiger partial charge in [0.05, 0.1) is 46.6 Å². The number of aliphatic hydroxyl groups excluding tert-OH is 2. The minimum absolute atomic E-state index is 0.0314. The van der Waals surface area contributed by atoms with Gasteiger partial charge in [-0.1, -0.05) is 31.1 Å². The van der Waals surface area contributed by atoms with E-state index in [2.05, 4.69) is 6.58 Å². The Hall–Kier alpha value is -3.77. The fraction of sp³-hybridized carbons (Fsp3) is 0.375. The molecule has 190 valence electrons. The standard InChI is InChI=1S/C24H25N3O8S/c1-6-13-8-16-18(20(27(33)34)14(13)7-10(2)28)22(30)25(36-16)9-15-11(3)19-17(12(4)29)23(31)26(19)21(15)24(32)35-5/h6-8,11-12,17,19,28-29H,2,9H2,1,3-5H3/b13-6-,14-7+/t11-,12+,17+,19?/m0/s1. The summed E-state index contributed by atoms with van der Waals surface area (Å²) in [6.45, 7) is 8.27. The number of aliphatic hydroxyl groups is 2. The van der Waals surface area contributed by atoms with Gasteiger partial charge in [-0.25, -0.2) is 4.79 Å². The highest BCUT2D eigenvalue weighted by atomic mass is 32.1. The average Bonchev–Trinajstić information content (AvgIpc) is 3.23. The second kappa shape index (κ2) is 9.03. The molecular formula is C24H25N3O8S. The Labute approximate surface area is 208 Å². The van der Waals surface area contributed by atoms with Crippen LogP contribution >= 0.6 is 11.5 Å². The molecule has 36 heavy (non-hydrogen) atoms. The average molecular weight is 516 g/mol. The first kappa shape index (κ1) is 25.3. The fourth-order valence-corrected chi connectivity index (χ4v) is 6.26. The number of rotatable bonds is 6. The summed E-state index contributed by atoms with van der Waals surface area (Å²) < 4.78 is 6.56. The van der Waals surface area contributed by atoms with Gasteiger partial charge in [-0.15, -0.1) is 0 Å². The smallest absolute Gasteiger partial charge is 0.354 e. The molecule has 4 atom stereocenters. The Morgan fingerprint density at radius 3 is 2.61 bits per heavy atom. The Bertz CT molecular complexity index is 1550. The summed E-state index contributed by atoms with van der Waals surface area (Å²) >= 11 is 0.995. The predicted molar refractivity (Wildman–Crippen MR) is 132 cm³/mol. The van der Waals surface area contributed by atoms with Crippen LogP contribution in [0, 0.1) is 22.0 Å². The molecule has 2 aliphatic heterocycles. The maximum absolute atomic E-state index is 13.4. The van der Waals surface area contributed by atoms with E-state index < -0.39 is 51.9 Å².